The first kappa shape index (κ1) is 18.7. The van der Waals surface area contributed by atoms with Gasteiger partial charge in [-0.15, -0.1) is 0 Å². The van der Waals surface area contributed by atoms with Crippen LogP contribution in [0, 0.1) is 0 Å². The normalized spacial score (nSPS) is 26.0. The lowest BCUT2D eigenvalue weighted by molar-refractivity contribution is -0.160. The zero-order valence-corrected chi connectivity index (χ0v) is 14.6. The zero-order chi connectivity index (χ0) is 19.1. The molecule has 3 unspecified atom stereocenters. The third-order valence-corrected chi connectivity index (χ3v) is 5.15. The van der Waals surface area contributed by atoms with Gasteiger partial charge >= 0.3 is 6.18 Å². The van der Waals surface area contributed by atoms with E-state index in [2.05, 4.69) is 16.0 Å². The Bertz CT molecular complexity index is 699. The summed E-state index contributed by atoms with van der Waals surface area (Å²) in [7, 11) is 0. The second-order valence-electron chi connectivity index (χ2n) is 7.14. The molecule has 0 spiro atoms. The molecule has 1 aromatic rings. The molecule has 3 N–H and O–H groups in total. The molecule has 1 heterocycles. The number of benzene rings is 1. The van der Waals surface area contributed by atoms with Crippen LogP contribution in [0.2, 0.25) is 0 Å². The second kappa shape index (κ2) is 6.57. The van der Waals surface area contributed by atoms with Crippen molar-refractivity contribution in [1.82, 2.24) is 16.0 Å². The number of carbonyl (C=O) groups is 2. The monoisotopic (exact) mass is 369 g/mol. The van der Waals surface area contributed by atoms with Crippen LogP contribution in [0.25, 0.3) is 0 Å². The molecule has 142 valence electrons. The Balaban J connectivity index is 1.64. The zero-order valence-electron chi connectivity index (χ0n) is 14.6. The molecule has 0 aromatic heterocycles. The average Bonchev–Trinajstić information content (AvgIpc) is 3.35. The summed E-state index contributed by atoms with van der Waals surface area (Å²) < 4.78 is 39.6. The number of amides is 2. The highest BCUT2D eigenvalue weighted by atomic mass is 19.4. The summed E-state index contributed by atoms with van der Waals surface area (Å²) >= 11 is 0. The molecule has 3 atom stereocenters. The summed E-state index contributed by atoms with van der Waals surface area (Å²) in [4.78, 5) is 23.9. The van der Waals surface area contributed by atoms with E-state index in [0.29, 0.717) is 5.56 Å². The van der Waals surface area contributed by atoms with Crippen molar-refractivity contribution in [2.75, 3.05) is 0 Å². The fourth-order valence-corrected chi connectivity index (χ4v) is 3.41. The standard InChI is InChI=1S/C18H22F3N3O2/c1-10(22-16(26)14-9-15(25)24-11(2)23-14)12-3-5-13(6-4-12)17(7-8-17)18(19,20)21/h3-6,10-11,14,23H,7-9H2,1-2H3,(H,22,26)(H,24,25). The SMILES string of the molecule is CC1NC(=O)CC(C(=O)NC(C)c2ccc(C3(C(F)(F)F)CC3)cc2)N1. The number of carbonyl (C=O) groups excluding carboxylic acids is 2. The van der Waals surface area contributed by atoms with Gasteiger partial charge < -0.3 is 10.6 Å². The van der Waals surface area contributed by atoms with E-state index in [1.807, 2.05) is 0 Å². The summed E-state index contributed by atoms with van der Waals surface area (Å²) in [6, 6.07) is 5.23. The van der Waals surface area contributed by atoms with E-state index in [4.69, 9.17) is 0 Å². The van der Waals surface area contributed by atoms with Crippen LogP contribution in [0.15, 0.2) is 24.3 Å². The van der Waals surface area contributed by atoms with Gasteiger partial charge in [-0.3, -0.25) is 14.9 Å². The summed E-state index contributed by atoms with van der Waals surface area (Å²) in [5.74, 6) is -0.507. The first-order valence-electron chi connectivity index (χ1n) is 8.65. The lowest BCUT2D eigenvalue weighted by atomic mass is 9.93. The maximum absolute atomic E-state index is 13.2. The van der Waals surface area contributed by atoms with Gasteiger partial charge in [0.2, 0.25) is 11.8 Å². The topological polar surface area (TPSA) is 70.2 Å². The molecule has 0 bridgehead atoms. The lowest BCUT2D eigenvalue weighted by Gasteiger charge is -2.29. The minimum atomic E-state index is -4.24. The van der Waals surface area contributed by atoms with Crippen molar-refractivity contribution in [1.29, 1.82) is 0 Å². The highest BCUT2D eigenvalue weighted by molar-refractivity contribution is 5.89. The first-order valence-corrected chi connectivity index (χ1v) is 8.65. The third kappa shape index (κ3) is 3.56. The van der Waals surface area contributed by atoms with Crippen LogP contribution >= 0.6 is 0 Å². The van der Waals surface area contributed by atoms with Gasteiger partial charge in [0.05, 0.1) is 30.1 Å². The van der Waals surface area contributed by atoms with Gasteiger partial charge in [0.15, 0.2) is 0 Å². The van der Waals surface area contributed by atoms with Crippen molar-refractivity contribution >= 4 is 11.8 Å². The number of nitrogens with one attached hydrogen (secondary N) is 3. The smallest absolute Gasteiger partial charge is 0.348 e. The van der Waals surface area contributed by atoms with Gasteiger partial charge in [0.25, 0.3) is 0 Å². The molecule has 2 fully saturated rings. The molecule has 2 aliphatic rings. The Labute approximate surface area is 149 Å². The molecule has 2 amide bonds. The van der Waals surface area contributed by atoms with E-state index in [1.54, 1.807) is 26.0 Å². The van der Waals surface area contributed by atoms with Crippen LogP contribution in [0.5, 0.6) is 0 Å². The van der Waals surface area contributed by atoms with Crippen LogP contribution in [-0.4, -0.2) is 30.2 Å². The molecule has 5 nitrogen and oxygen atoms in total. The van der Waals surface area contributed by atoms with Crippen LogP contribution in [-0.2, 0) is 15.0 Å². The Hall–Kier alpha value is -2.09. The largest absolute Gasteiger partial charge is 0.398 e. The van der Waals surface area contributed by atoms with Crippen LogP contribution in [0.1, 0.15) is 50.3 Å². The van der Waals surface area contributed by atoms with Gasteiger partial charge in [0, 0.05) is 0 Å². The fraction of sp³-hybridized carbons (Fsp3) is 0.556. The molecule has 1 saturated heterocycles. The molecule has 8 heteroatoms. The van der Waals surface area contributed by atoms with E-state index in [-0.39, 0.29) is 48.8 Å². The predicted molar refractivity (Wildman–Crippen MR) is 89.1 cm³/mol. The van der Waals surface area contributed by atoms with Crippen molar-refractivity contribution in [2.24, 2.45) is 0 Å². The van der Waals surface area contributed by atoms with Crippen molar-refractivity contribution in [3.8, 4) is 0 Å². The maximum atomic E-state index is 13.2. The molecular formula is C18H22F3N3O2. The first-order chi connectivity index (χ1) is 12.1. The van der Waals surface area contributed by atoms with E-state index in [9.17, 15) is 22.8 Å². The second-order valence-corrected chi connectivity index (χ2v) is 7.14. The molecule has 1 saturated carbocycles. The van der Waals surface area contributed by atoms with Crippen molar-refractivity contribution in [3.63, 3.8) is 0 Å². The Morgan fingerprint density at radius 2 is 1.88 bits per heavy atom. The quantitative estimate of drug-likeness (QED) is 0.763. The number of rotatable bonds is 4. The summed E-state index contributed by atoms with van der Waals surface area (Å²) in [6.07, 6.45) is -4.24. The molecular weight excluding hydrogens is 347 g/mol. The van der Waals surface area contributed by atoms with E-state index < -0.39 is 17.6 Å². The maximum Gasteiger partial charge on any atom is 0.398 e. The number of hydrogen-bond acceptors (Lipinski definition) is 3. The fourth-order valence-electron chi connectivity index (χ4n) is 3.41. The van der Waals surface area contributed by atoms with Gasteiger partial charge in [-0.1, -0.05) is 24.3 Å². The summed E-state index contributed by atoms with van der Waals surface area (Å²) in [5, 5.41) is 8.46. The highest BCUT2D eigenvalue weighted by Crippen LogP contribution is 2.58. The molecule has 3 rings (SSSR count). The molecule has 1 aliphatic heterocycles. The van der Waals surface area contributed by atoms with E-state index in [1.165, 1.54) is 12.1 Å². The average molecular weight is 369 g/mol. The minimum absolute atomic E-state index is 0.0515. The van der Waals surface area contributed by atoms with E-state index in [0.717, 1.165) is 0 Å². The van der Waals surface area contributed by atoms with Gasteiger partial charge in [-0.25, -0.2) is 0 Å². The van der Waals surface area contributed by atoms with Crippen LogP contribution in [0.3, 0.4) is 0 Å². The number of hydrogen-bond donors (Lipinski definition) is 3. The molecule has 0 radical (unpaired) electrons. The highest BCUT2D eigenvalue weighted by Gasteiger charge is 2.64. The van der Waals surface area contributed by atoms with Gasteiger partial charge in [-0.05, 0) is 37.8 Å². The van der Waals surface area contributed by atoms with Gasteiger partial charge in [0.1, 0.15) is 0 Å². The molecule has 1 aromatic carbocycles. The Morgan fingerprint density at radius 1 is 1.27 bits per heavy atom. The lowest BCUT2D eigenvalue weighted by Crippen LogP contribution is -2.59. The van der Waals surface area contributed by atoms with Crippen molar-refractivity contribution < 1.29 is 22.8 Å². The van der Waals surface area contributed by atoms with Crippen LogP contribution < -0.4 is 16.0 Å². The summed E-state index contributed by atoms with van der Waals surface area (Å²) in [5.41, 5.74) is -0.715. The van der Waals surface area contributed by atoms with E-state index >= 15 is 0 Å². The van der Waals surface area contributed by atoms with Crippen molar-refractivity contribution in [3.05, 3.63) is 35.4 Å². The summed E-state index contributed by atoms with van der Waals surface area (Å²) in [6.45, 7) is 3.50. The number of alkyl halides is 3. The Morgan fingerprint density at radius 3 is 2.38 bits per heavy atom. The van der Waals surface area contributed by atoms with Crippen LogP contribution in [0.4, 0.5) is 13.2 Å². The predicted octanol–water partition coefficient (Wildman–Crippen LogP) is 2.28. The van der Waals surface area contributed by atoms with Gasteiger partial charge in [-0.2, -0.15) is 13.2 Å². The third-order valence-electron chi connectivity index (χ3n) is 5.15. The number of halogens is 3. The molecule has 1 aliphatic carbocycles. The Kier molecular flexibility index (Phi) is 4.72. The van der Waals surface area contributed by atoms with Crippen molar-refractivity contribution in [2.45, 2.75) is 63.0 Å². The molecule has 26 heavy (non-hydrogen) atoms. The minimum Gasteiger partial charge on any atom is -0.348 e.